The standard InChI is InChI=1S/C24H22N2O3S2/c1-5-10-29-15-8-6-14(7-9-15)26-23(30)18-16-11-13(2)12-17-19(16)25(22(28)20(17)27)24(3,4)21(18)31-26/h6-9,11-12H,5,10H2,1-4H3. The first-order valence-corrected chi connectivity index (χ1v) is 11.5. The zero-order chi connectivity index (χ0) is 22.1. The van der Waals surface area contributed by atoms with Crippen molar-refractivity contribution < 1.29 is 14.3 Å². The number of anilines is 1. The third kappa shape index (κ3) is 2.76. The Balaban J connectivity index is 1.72. The van der Waals surface area contributed by atoms with E-state index >= 15 is 0 Å². The van der Waals surface area contributed by atoms with Crippen molar-refractivity contribution in [2.45, 2.75) is 39.7 Å². The molecule has 0 saturated heterocycles. The highest BCUT2D eigenvalue weighted by Gasteiger charge is 2.51. The van der Waals surface area contributed by atoms with Crippen molar-refractivity contribution in [3.8, 4) is 22.6 Å². The Hall–Kier alpha value is -2.77. The lowest BCUT2D eigenvalue weighted by Gasteiger charge is -2.39. The van der Waals surface area contributed by atoms with Crippen LogP contribution in [0.1, 0.15) is 48.0 Å². The minimum absolute atomic E-state index is 0.440. The largest absolute Gasteiger partial charge is 0.494 e. The highest BCUT2D eigenvalue weighted by atomic mass is 32.1. The van der Waals surface area contributed by atoms with E-state index in [-0.39, 0.29) is 0 Å². The molecule has 1 aromatic heterocycles. The Morgan fingerprint density at radius 1 is 1.10 bits per heavy atom. The first-order chi connectivity index (χ1) is 14.8. The van der Waals surface area contributed by atoms with Crippen LogP contribution in [0.15, 0.2) is 36.4 Å². The van der Waals surface area contributed by atoms with Gasteiger partial charge in [-0.2, -0.15) is 0 Å². The SMILES string of the molecule is CCCOc1ccc(-n2sc3c(c2=S)-c2cc(C)cc4c2N(C(=O)C4=O)C3(C)C)cc1. The molecule has 0 N–H and O–H groups in total. The molecule has 0 saturated carbocycles. The van der Waals surface area contributed by atoms with Crippen LogP contribution in [0.4, 0.5) is 5.69 Å². The number of fused-ring (bicyclic) bond motifs is 2. The summed E-state index contributed by atoms with van der Waals surface area (Å²) in [6.45, 7) is 8.65. The van der Waals surface area contributed by atoms with Crippen LogP contribution in [0.3, 0.4) is 0 Å². The molecule has 2 aromatic carbocycles. The van der Waals surface area contributed by atoms with Gasteiger partial charge < -0.3 is 4.74 Å². The van der Waals surface area contributed by atoms with Crippen LogP contribution in [0.25, 0.3) is 16.8 Å². The van der Waals surface area contributed by atoms with E-state index in [0.717, 1.165) is 39.4 Å². The maximum atomic E-state index is 12.9. The van der Waals surface area contributed by atoms with E-state index in [9.17, 15) is 9.59 Å². The molecule has 2 aliphatic heterocycles. The van der Waals surface area contributed by atoms with Crippen molar-refractivity contribution in [2.24, 2.45) is 0 Å². The Kier molecular flexibility index (Phi) is 4.46. The van der Waals surface area contributed by atoms with E-state index < -0.39 is 17.2 Å². The molecule has 5 nitrogen and oxygen atoms in total. The summed E-state index contributed by atoms with van der Waals surface area (Å²) in [6, 6.07) is 11.7. The third-order valence-corrected chi connectivity index (χ3v) is 7.82. The highest BCUT2D eigenvalue weighted by Crippen LogP contribution is 2.54. The summed E-state index contributed by atoms with van der Waals surface area (Å²) in [5.41, 5.74) is 4.18. The van der Waals surface area contributed by atoms with Gasteiger partial charge in [0.15, 0.2) is 0 Å². The number of Topliss-reactive ketones (excluding diaryl/α,β-unsaturated/α-hetero) is 1. The molecule has 5 rings (SSSR count). The van der Waals surface area contributed by atoms with Gasteiger partial charge in [0.25, 0.3) is 11.7 Å². The van der Waals surface area contributed by atoms with E-state index in [1.807, 2.05) is 55.1 Å². The molecule has 0 bridgehead atoms. The number of hydrogen-bond donors (Lipinski definition) is 0. The molecule has 0 unspecified atom stereocenters. The summed E-state index contributed by atoms with van der Waals surface area (Å²) in [6.07, 6.45) is 0.956. The maximum Gasteiger partial charge on any atom is 0.300 e. The molecule has 3 heterocycles. The molecule has 7 heteroatoms. The zero-order valence-electron chi connectivity index (χ0n) is 17.8. The van der Waals surface area contributed by atoms with E-state index in [1.54, 1.807) is 11.0 Å². The van der Waals surface area contributed by atoms with Crippen LogP contribution in [-0.4, -0.2) is 22.3 Å². The quantitative estimate of drug-likeness (QED) is 0.372. The van der Waals surface area contributed by atoms with E-state index in [1.165, 1.54) is 11.5 Å². The molecule has 2 aliphatic rings. The monoisotopic (exact) mass is 450 g/mol. The summed E-state index contributed by atoms with van der Waals surface area (Å²) in [5.74, 6) is -0.0838. The molecule has 0 atom stereocenters. The van der Waals surface area contributed by atoms with Gasteiger partial charge in [0.1, 0.15) is 10.4 Å². The van der Waals surface area contributed by atoms with E-state index in [0.29, 0.717) is 22.5 Å². The van der Waals surface area contributed by atoms with Gasteiger partial charge in [-0.05, 0) is 69.2 Å². The lowest BCUT2D eigenvalue weighted by Crippen LogP contribution is -2.46. The summed E-state index contributed by atoms with van der Waals surface area (Å²) >= 11 is 7.46. The predicted molar refractivity (Wildman–Crippen MR) is 125 cm³/mol. The van der Waals surface area contributed by atoms with Crippen LogP contribution in [0, 0.1) is 11.6 Å². The fourth-order valence-electron chi connectivity index (χ4n) is 4.44. The fraction of sp³-hybridized carbons (Fsp3) is 0.292. The maximum absolute atomic E-state index is 12.9. The van der Waals surface area contributed by atoms with Gasteiger partial charge in [-0.3, -0.25) is 18.4 Å². The lowest BCUT2D eigenvalue weighted by atomic mass is 9.87. The van der Waals surface area contributed by atoms with E-state index in [4.69, 9.17) is 17.0 Å². The van der Waals surface area contributed by atoms with Crippen molar-refractivity contribution >= 4 is 41.1 Å². The normalized spacial score (nSPS) is 15.8. The number of hydrogen-bond acceptors (Lipinski definition) is 5. The van der Waals surface area contributed by atoms with Crippen molar-refractivity contribution in [3.05, 3.63) is 57.0 Å². The molecule has 0 radical (unpaired) electrons. The molecule has 31 heavy (non-hydrogen) atoms. The van der Waals surface area contributed by atoms with Crippen LogP contribution >= 0.6 is 23.8 Å². The molecule has 0 spiro atoms. The molecular formula is C24H22N2O3S2. The number of amides is 1. The second kappa shape index (κ2) is 6.87. The molecule has 1 amide bonds. The molecular weight excluding hydrogens is 428 g/mol. The van der Waals surface area contributed by atoms with Gasteiger partial charge >= 0.3 is 0 Å². The van der Waals surface area contributed by atoms with Crippen molar-refractivity contribution in [1.29, 1.82) is 0 Å². The third-order valence-electron chi connectivity index (χ3n) is 5.86. The van der Waals surface area contributed by atoms with Gasteiger partial charge in [0.2, 0.25) is 0 Å². The lowest BCUT2D eigenvalue weighted by molar-refractivity contribution is -0.115. The second-order valence-electron chi connectivity index (χ2n) is 8.47. The number of ether oxygens (including phenoxy) is 1. The summed E-state index contributed by atoms with van der Waals surface area (Å²) in [5, 5.41) is 0. The Labute approximate surface area is 190 Å². The number of nitrogens with zero attached hydrogens (tertiary/aromatic N) is 2. The van der Waals surface area contributed by atoms with Gasteiger partial charge in [-0.25, -0.2) is 0 Å². The summed E-state index contributed by atoms with van der Waals surface area (Å²) in [4.78, 5) is 28.3. The molecule has 158 valence electrons. The number of benzene rings is 2. The van der Waals surface area contributed by atoms with Gasteiger partial charge in [0, 0.05) is 11.1 Å². The van der Waals surface area contributed by atoms with Crippen molar-refractivity contribution in [1.82, 2.24) is 3.96 Å². The molecule has 0 aliphatic carbocycles. The van der Waals surface area contributed by atoms with Crippen LogP contribution in [0.5, 0.6) is 5.75 Å². The van der Waals surface area contributed by atoms with Gasteiger partial charge in [-0.15, -0.1) is 0 Å². The topological polar surface area (TPSA) is 51.5 Å². The van der Waals surface area contributed by atoms with Crippen LogP contribution < -0.4 is 9.64 Å². The highest BCUT2D eigenvalue weighted by molar-refractivity contribution is 7.71. The summed E-state index contributed by atoms with van der Waals surface area (Å²) in [7, 11) is 0. The second-order valence-corrected chi connectivity index (χ2v) is 9.82. The Bertz CT molecular complexity index is 1320. The van der Waals surface area contributed by atoms with Crippen LogP contribution in [-0.2, 0) is 10.3 Å². The Morgan fingerprint density at radius 3 is 2.45 bits per heavy atom. The average molecular weight is 451 g/mol. The fourth-order valence-corrected chi connectivity index (χ4v) is 6.13. The van der Waals surface area contributed by atoms with Gasteiger partial charge in [0.05, 0.1) is 34.0 Å². The molecule has 0 fully saturated rings. The number of carbonyl (C=O) groups excluding carboxylic acids is 2. The molecule has 3 aromatic rings. The average Bonchev–Trinajstić information content (AvgIpc) is 3.22. The van der Waals surface area contributed by atoms with E-state index in [2.05, 4.69) is 6.92 Å². The smallest absolute Gasteiger partial charge is 0.300 e. The number of ketones is 1. The first-order valence-electron chi connectivity index (χ1n) is 10.3. The number of rotatable bonds is 4. The minimum atomic E-state index is -0.677. The number of aromatic nitrogens is 1. The van der Waals surface area contributed by atoms with Crippen LogP contribution in [0.2, 0.25) is 0 Å². The number of carbonyl (C=O) groups is 2. The van der Waals surface area contributed by atoms with Crippen molar-refractivity contribution in [3.63, 3.8) is 0 Å². The van der Waals surface area contributed by atoms with Gasteiger partial charge in [-0.1, -0.05) is 30.7 Å². The Morgan fingerprint density at radius 2 is 1.77 bits per heavy atom. The number of aryl methyl sites for hydroxylation is 1. The predicted octanol–water partition coefficient (Wildman–Crippen LogP) is 5.81. The minimum Gasteiger partial charge on any atom is -0.494 e. The zero-order valence-corrected chi connectivity index (χ0v) is 19.4. The first kappa shape index (κ1) is 20.2. The van der Waals surface area contributed by atoms with Crippen molar-refractivity contribution in [2.75, 3.05) is 11.5 Å². The summed E-state index contributed by atoms with van der Waals surface area (Å²) < 4.78 is 8.41.